The van der Waals surface area contributed by atoms with E-state index in [0.717, 1.165) is 23.7 Å². The van der Waals surface area contributed by atoms with Crippen LogP contribution >= 0.6 is 0 Å². The lowest BCUT2D eigenvalue weighted by molar-refractivity contribution is 0.249. The van der Waals surface area contributed by atoms with E-state index in [1.54, 1.807) is 17.7 Å². The van der Waals surface area contributed by atoms with Crippen molar-refractivity contribution in [3.63, 3.8) is 0 Å². The number of benzene rings is 2. The van der Waals surface area contributed by atoms with E-state index in [4.69, 9.17) is 6.42 Å². The number of hydrogen-bond acceptors (Lipinski definition) is 2. The molecule has 2 aromatic carbocycles. The molecule has 5 nitrogen and oxygen atoms in total. The van der Waals surface area contributed by atoms with E-state index in [9.17, 15) is 9.59 Å². The highest BCUT2D eigenvalue weighted by Crippen LogP contribution is 2.35. The number of urea groups is 1. The van der Waals surface area contributed by atoms with Crippen molar-refractivity contribution in [2.24, 2.45) is 7.05 Å². The first kappa shape index (κ1) is 17.9. The number of aromatic nitrogens is 1. The molecule has 0 saturated heterocycles. The predicted octanol–water partition coefficient (Wildman–Crippen LogP) is 3.39. The average Bonchev–Trinajstić information content (AvgIpc) is 3.13. The standard InChI is InChI=1S/C23H21N3O2/c1-3-19(17-12-11-15-7-4-5-8-16(15)17)24-23(28)25-20-9-6-10-21-18(20)13-14-22(27)26(21)2/h1,4-10,13-14,17,19H,11-12H2,2H3,(H2,24,25,28). The molecule has 2 N–H and O–H groups in total. The summed E-state index contributed by atoms with van der Waals surface area (Å²) < 4.78 is 1.55. The van der Waals surface area contributed by atoms with E-state index in [2.05, 4.69) is 28.7 Å². The van der Waals surface area contributed by atoms with Crippen LogP contribution in [0.2, 0.25) is 0 Å². The minimum atomic E-state index is -0.386. The fourth-order valence-electron chi connectivity index (χ4n) is 4.01. The molecular formula is C23H21N3O2. The van der Waals surface area contributed by atoms with Crippen LogP contribution in [0.1, 0.15) is 23.5 Å². The second-order valence-corrected chi connectivity index (χ2v) is 7.06. The van der Waals surface area contributed by atoms with Crippen molar-refractivity contribution in [2.45, 2.75) is 24.8 Å². The number of amides is 2. The van der Waals surface area contributed by atoms with Crippen molar-refractivity contribution in [1.29, 1.82) is 0 Å². The van der Waals surface area contributed by atoms with Crippen LogP contribution in [-0.4, -0.2) is 16.6 Å². The molecule has 28 heavy (non-hydrogen) atoms. The fraction of sp³-hybridized carbons (Fsp3) is 0.217. The smallest absolute Gasteiger partial charge is 0.320 e. The first-order chi connectivity index (χ1) is 13.6. The van der Waals surface area contributed by atoms with E-state index in [1.165, 1.54) is 17.2 Å². The minimum absolute atomic E-state index is 0.0959. The average molecular weight is 371 g/mol. The maximum Gasteiger partial charge on any atom is 0.320 e. The van der Waals surface area contributed by atoms with Crippen LogP contribution in [0.4, 0.5) is 10.5 Å². The Morgan fingerprint density at radius 2 is 2.00 bits per heavy atom. The summed E-state index contributed by atoms with van der Waals surface area (Å²) in [6.45, 7) is 0. The topological polar surface area (TPSA) is 63.1 Å². The van der Waals surface area contributed by atoms with Gasteiger partial charge in [0.15, 0.2) is 0 Å². The summed E-state index contributed by atoms with van der Waals surface area (Å²) >= 11 is 0. The summed E-state index contributed by atoms with van der Waals surface area (Å²) in [6.07, 6.45) is 7.64. The molecule has 140 valence electrons. The van der Waals surface area contributed by atoms with Crippen LogP contribution in [0.15, 0.2) is 59.4 Å². The number of pyridine rings is 1. The summed E-state index contributed by atoms with van der Waals surface area (Å²) in [6, 6.07) is 16.2. The Kier molecular flexibility index (Phi) is 4.62. The molecule has 1 aliphatic carbocycles. The van der Waals surface area contributed by atoms with Gasteiger partial charge in [-0.3, -0.25) is 4.79 Å². The molecule has 0 fully saturated rings. The Morgan fingerprint density at radius 1 is 1.18 bits per heavy atom. The van der Waals surface area contributed by atoms with Crippen LogP contribution in [0.3, 0.4) is 0 Å². The van der Waals surface area contributed by atoms with E-state index < -0.39 is 0 Å². The zero-order valence-corrected chi connectivity index (χ0v) is 15.6. The summed E-state index contributed by atoms with van der Waals surface area (Å²) in [4.78, 5) is 24.5. The number of rotatable bonds is 3. The normalized spacial score (nSPS) is 16.2. The highest BCUT2D eigenvalue weighted by Gasteiger charge is 2.29. The lowest BCUT2D eigenvalue weighted by Crippen LogP contribution is -2.40. The van der Waals surface area contributed by atoms with Gasteiger partial charge in [-0.05, 0) is 42.2 Å². The number of hydrogen-bond donors (Lipinski definition) is 2. The van der Waals surface area contributed by atoms with Crippen molar-refractivity contribution < 1.29 is 4.79 Å². The third-order valence-corrected chi connectivity index (χ3v) is 5.46. The van der Waals surface area contributed by atoms with Crippen molar-refractivity contribution in [2.75, 3.05) is 5.32 Å². The van der Waals surface area contributed by atoms with E-state index in [-0.39, 0.29) is 23.6 Å². The lowest BCUT2D eigenvalue weighted by atomic mass is 9.94. The van der Waals surface area contributed by atoms with Crippen LogP contribution in [0.25, 0.3) is 10.9 Å². The van der Waals surface area contributed by atoms with Crippen LogP contribution in [0, 0.1) is 12.3 Å². The van der Waals surface area contributed by atoms with Crippen molar-refractivity contribution in [1.82, 2.24) is 9.88 Å². The molecule has 4 rings (SSSR count). The number of fused-ring (bicyclic) bond motifs is 2. The molecule has 2 atom stereocenters. The van der Waals surface area contributed by atoms with Gasteiger partial charge >= 0.3 is 6.03 Å². The molecule has 0 radical (unpaired) electrons. The molecule has 2 amide bonds. The molecule has 1 heterocycles. The molecule has 5 heteroatoms. The number of carbonyl (C=O) groups is 1. The monoisotopic (exact) mass is 371 g/mol. The summed E-state index contributed by atoms with van der Waals surface area (Å²) in [5.74, 6) is 2.85. The van der Waals surface area contributed by atoms with E-state index in [0.29, 0.717) is 5.69 Å². The first-order valence-corrected chi connectivity index (χ1v) is 9.28. The van der Waals surface area contributed by atoms with Gasteiger partial charge < -0.3 is 15.2 Å². The van der Waals surface area contributed by atoms with Gasteiger partial charge in [0.1, 0.15) is 0 Å². The van der Waals surface area contributed by atoms with Gasteiger partial charge in [0.25, 0.3) is 5.56 Å². The summed E-state index contributed by atoms with van der Waals surface area (Å²) in [5.41, 5.74) is 3.80. The van der Waals surface area contributed by atoms with Gasteiger partial charge in [-0.1, -0.05) is 36.3 Å². The van der Waals surface area contributed by atoms with Crippen molar-refractivity contribution in [3.8, 4) is 12.3 Å². The first-order valence-electron chi connectivity index (χ1n) is 9.28. The molecule has 2 unspecified atom stereocenters. The van der Waals surface area contributed by atoms with Crippen molar-refractivity contribution in [3.05, 3.63) is 76.1 Å². The molecular weight excluding hydrogens is 350 g/mol. The Hall–Kier alpha value is -3.52. The SMILES string of the molecule is C#CC(NC(=O)Nc1cccc2c1ccc(=O)n2C)C1CCc2ccccc21. The summed E-state index contributed by atoms with van der Waals surface area (Å²) in [7, 11) is 1.71. The number of nitrogens with one attached hydrogen (secondary N) is 2. The molecule has 0 aliphatic heterocycles. The van der Waals surface area contributed by atoms with Crippen molar-refractivity contribution >= 4 is 22.6 Å². The number of terminal acetylenes is 1. The second-order valence-electron chi connectivity index (χ2n) is 7.06. The third kappa shape index (κ3) is 3.14. The fourth-order valence-corrected chi connectivity index (χ4v) is 4.01. The number of nitrogens with zero attached hydrogens (tertiary/aromatic N) is 1. The zero-order chi connectivity index (χ0) is 19.7. The predicted molar refractivity (Wildman–Crippen MR) is 111 cm³/mol. The number of aryl methyl sites for hydroxylation is 2. The maximum atomic E-state index is 12.7. The van der Waals surface area contributed by atoms with Gasteiger partial charge in [-0.2, -0.15) is 0 Å². The maximum absolute atomic E-state index is 12.7. The van der Waals surface area contributed by atoms with Crippen LogP contribution < -0.4 is 16.2 Å². The molecule has 0 bridgehead atoms. The summed E-state index contributed by atoms with van der Waals surface area (Å²) in [5, 5.41) is 6.61. The highest BCUT2D eigenvalue weighted by atomic mass is 16.2. The second kappa shape index (κ2) is 7.24. The molecule has 0 spiro atoms. The zero-order valence-electron chi connectivity index (χ0n) is 15.6. The highest BCUT2D eigenvalue weighted by molar-refractivity contribution is 6.00. The largest absolute Gasteiger partial charge is 0.324 e. The van der Waals surface area contributed by atoms with Gasteiger partial charge in [-0.25, -0.2) is 4.79 Å². The number of anilines is 1. The quantitative estimate of drug-likeness (QED) is 0.693. The Balaban J connectivity index is 1.55. The lowest BCUT2D eigenvalue weighted by Gasteiger charge is -2.21. The van der Waals surface area contributed by atoms with Gasteiger partial charge in [0.2, 0.25) is 0 Å². The number of carbonyl (C=O) groups excluding carboxylic acids is 1. The van der Waals surface area contributed by atoms with Gasteiger partial charge in [-0.15, -0.1) is 6.42 Å². The molecule has 0 saturated carbocycles. The van der Waals surface area contributed by atoms with E-state index >= 15 is 0 Å². The Bertz CT molecular complexity index is 1160. The Labute approximate surface area is 163 Å². The molecule has 1 aliphatic rings. The molecule has 1 aromatic heterocycles. The van der Waals surface area contributed by atoms with Gasteiger partial charge in [0, 0.05) is 24.4 Å². The third-order valence-electron chi connectivity index (χ3n) is 5.46. The van der Waals surface area contributed by atoms with Gasteiger partial charge in [0.05, 0.1) is 17.2 Å². The van der Waals surface area contributed by atoms with Crippen LogP contribution in [-0.2, 0) is 13.5 Å². The molecule has 3 aromatic rings. The van der Waals surface area contributed by atoms with E-state index in [1.807, 2.05) is 30.3 Å². The Morgan fingerprint density at radius 3 is 2.82 bits per heavy atom. The van der Waals surface area contributed by atoms with Crippen LogP contribution in [0.5, 0.6) is 0 Å². The minimum Gasteiger partial charge on any atom is -0.324 e.